The lowest BCUT2D eigenvalue weighted by molar-refractivity contribution is -0.113. The number of rotatable bonds is 7. The molecule has 0 spiro atoms. The van der Waals surface area contributed by atoms with E-state index in [1.807, 2.05) is 18.2 Å². The number of hydrogen-bond acceptors (Lipinski definition) is 9. The maximum Gasteiger partial charge on any atom is 0.236 e. The molecule has 4 aromatic rings. The molecule has 4 rings (SSSR count). The number of benzene rings is 1. The SMILES string of the molecule is COCc1nnc(NC(=O)CSc2ncnc3sc(C)c(-c4ccccc4)c23)s1. The van der Waals surface area contributed by atoms with Gasteiger partial charge in [0.1, 0.15) is 27.8 Å². The van der Waals surface area contributed by atoms with Gasteiger partial charge >= 0.3 is 0 Å². The fraction of sp³-hybridized carbons (Fsp3) is 0.211. The number of amides is 1. The number of hydrogen-bond donors (Lipinski definition) is 1. The predicted octanol–water partition coefficient (Wildman–Crippen LogP) is 4.40. The van der Waals surface area contributed by atoms with Crippen LogP contribution >= 0.6 is 34.4 Å². The maximum absolute atomic E-state index is 12.4. The van der Waals surface area contributed by atoms with E-state index in [2.05, 4.69) is 44.5 Å². The van der Waals surface area contributed by atoms with Crippen LogP contribution in [0.15, 0.2) is 41.7 Å². The van der Waals surface area contributed by atoms with Gasteiger partial charge in [0.25, 0.3) is 0 Å². The van der Waals surface area contributed by atoms with E-state index in [1.54, 1.807) is 24.8 Å². The van der Waals surface area contributed by atoms with Gasteiger partial charge in [-0.1, -0.05) is 53.4 Å². The summed E-state index contributed by atoms with van der Waals surface area (Å²) in [5.41, 5.74) is 2.25. The second kappa shape index (κ2) is 8.95. The molecule has 10 heteroatoms. The van der Waals surface area contributed by atoms with Gasteiger partial charge in [0.2, 0.25) is 11.0 Å². The van der Waals surface area contributed by atoms with Gasteiger partial charge < -0.3 is 4.74 Å². The van der Waals surface area contributed by atoms with Crippen LogP contribution in [0.5, 0.6) is 0 Å². The zero-order chi connectivity index (χ0) is 20.2. The second-order valence-electron chi connectivity index (χ2n) is 6.03. The number of aryl methyl sites for hydroxylation is 1. The van der Waals surface area contributed by atoms with Gasteiger partial charge in [-0.2, -0.15) is 0 Å². The van der Waals surface area contributed by atoms with Crippen molar-refractivity contribution in [2.45, 2.75) is 18.6 Å². The van der Waals surface area contributed by atoms with Crippen molar-refractivity contribution in [3.8, 4) is 11.1 Å². The molecule has 0 unspecified atom stereocenters. The Bertz CT molecular complexity index is 1140. The van der Waals surface area contributed by atoms with Gasteiger partial charge in [-0.3, -0.25) is 10.1 Å². The normalized spacial score (nSPS) is 11.1. The lowest BCUT2D eigenvalue weighted by Crippen LogP contribution is -2.14. The number of fused-ring (bicyclic) bond motifs is 1. The van der Waals surface area contributed by atoms with Gasteiger partial charge in [0, 0.05) is 17.6 Å². The number of ether oxygens (including phenoxy) is 1. The first-order chi connectivity index (χ1) is 14.2. The molecule has 1 aromatic carbocycles. The fourth-order valence-electron chi connectivity index (χ4n) is 2.85. The van der Waals surface area contributed by atoms with Crippen molar-refractivity contribution in [2.24, 2.45) is 0 Å². The summed E-state index contributed by atoms with van der Waals surface area (Å²) >= 11 is 4.33. The number of nitrogens with one attached hydrogen (secondary N) is 1. The molecule has 3 aromatic heterocycles. The third-order valence-corrected chi connectivity index (χ3v) is 6.83. The number of carbonyl (C=O) groups is 1. The summed E-state index contributed by atoms with van der Waals surface area (Å²) in [6, 6.07) is 10.2. The van der Waals surface area contributed by atoms with Gasteiger partial charge in [0.05, 0.1) is 11.1 Å². The van der Waals surface area contributed by atoms with Gasteiger partial charge in [-0.25, -0.2) is 9.97 Å². The molecule has 0 fully saturated rings. The average Bonchev–Trinajstić information content (AvgIpc) is 3.30. The Kier molecular flexibility index (Phi) is 6.14. The van der Waals surface area contributed by atoms with Crippen molar-refractivity contribution in [3.63, 3.8) is 0 Å². The Balaban J connectivity index is 1.54. The molecule has 0 saturated carbocycles. The van der Waals surface area contributed by atoms with Crippen molar-refractivity contribution in [3.05, 3.63) is 46.5 Å². The van der Waals surface area contributed by atoms with Crippen molar-refractivity contribution in [1.82, 2.24) is 20.2 Å². The highest BCUT2D eigenvalue weighted by Gasteiger charge is 2.18. The molecule has 0 bridgehead atoms. The summed E-state index contributed by atoms with van der Waals surface area (Å²) in [4.78, 5) is 23.4. The number of carbonyl (C=O) groups excluding carboxylic acids is 1. The average molecular weight is 444 g/mol. The van der Waals surface area contributed by atoms with Crippen LogP contribution in [0.2, 0.25) is 0 Å². The first-order valence-corrected chi connectivity index (χ1v) is 11.3. The monoisotopic (exact) mass is 443 g/mol. The molecule has 0 aliphatic carbocycles. The van der Waals surface area contributed by atoms with Crippen LogP contribution in [0.4, 0.5) is 5.13 Å². The van der Waals surface area contributed by atoms with E-state index >= 15 is 0 Å². The quantitative estimate of drug-likeness (QED) is 0.334. The molecule has 1 amide bonds. The molecule has 1 N–H and O–H groups in total. The summed E-state index contributed by atoms with van der Waals surface area (Å²) in [7, 11) is 1.59. The molecule has 7 nitrogen and oxygen atoms in total. The number of aromatic nitrogens is 4. The zero-order valence-corrected chi connectivity index (χ0v) is 18.2. The highest BCUT2D eigenvalue weighted by Crippen LogP contribution is 2.41. The molecule has 0 atom stereocenters. The molecule has 0 aliphatic heterocycles. The van der Waals surface area contributed by atoms with Crippen LogP contribution in [0.1, 0.15) is 9.88 Å². The van der Waals surface area contributed by atoms with Gasteiger partial charge in [-0.05, 0) is 12.5 Å². The number of thiophene rings is 1. The smallest absolute Gasteiger partial charge is 0.236 e. The van der Waals surface area contributed by atoms with Crippen molar-refractivity contribution in [2.75, 3.05) is 18.2 Å². The van der Waals surface area contributed by atoms with Crippen LogP contribution < -0.4 is 5.32 Å². The van der Waals surface area contributed by atoms with E-state index in [0.717, 1.165) is 26.4 Å². The van der Waals surface area contributed by atoms with Crippen LogP contribution in [0.25, 0.3) is 21.3 Å². The predicted molar refractivity (Wildman–Crippen MR) is 118 cm³/mol. The Hall–Kier alpha value is -2.40. The van der Waals surface area contributed by atoms with Crippen molar-refractivity contribution in [1.29, 1.82) is 0 Å². The minimum absolute atomic E-state index is 0.157. The summed E-state index contributed by atoms with van der Waals surface area (Å²) in [6.45, 7) is 2.46. The number of methoxy groups -OCH3 is 1. The van der Waals surface area contributed by atoms with E-state index in [1.165, 1.54) is 28.0 Å². The summed E-state index contributed by atoms with van der Waals surface area (Å²) in [6.07, 6.45) is 1.55. The molecule has 0 radical (unpaired) electrons. The molecule has 0 saturated heterocycles. The zero-order valence-electron chi connectivity index (χ0n) is 15.7. The Labute approximate surface area is 179 Å². The standard InChI is InChI=1S/C19H17N5O2S3/c1-11-15(12-6-4-3-5-7-12)16-17(20-10-21-18(16)28-11)27-9-13(25)22-19-24-23-14(29-19)8-26-2/h3-7,10H,8-9H2,1-2H3,(H,22,24,25). The highest BCUT2D eigenvalue weighted by atomic mass is 32.2. The fourth-order valence-corrected chi connectivity index (χ4v) is 5.46. The molecule has 3 heterocycles. The van der Waals surface area contributed by atoms with Gasteiger partial charge in [0.15, 0.2) is 0 Å². The number of thioether (sulfide) groups is 1. The molecular weight excluding hydrogens is 426 g/mol. The first kappa shape index (κ1) is 19.9. The number of nitrogens with zero attached hydrogens (tertiary/aromatic N) is 4. The summed E-state index contributed by atoms with van der Waals surface area (Å²) in [5.74, 6) is 0.0594. The van der Waals surface area contributed by atoms with E-state index in [0.29, 0.717) is 16.7 Å². The number of anilines is 1. The van der Waals surface area contributed by atoms with E-state index in [4.69, 9.17) is 4.74 Å². The molecular formula is C19H17N5O2S3. The molecule has 148 valence electrons. The first-order valence-electron chi connectivity index (χ1n) is 8.69. The minimum Gasteiger partial charge on any atom is -0.377 e. The summed E-state index contributed by atoms with van der Waals surface area (Å²) < 4.78 is 5.02. The van der Waals surface area contributed by atoms with Crippen molar-refractivity contribution < 1.29 is 9.53 Å². The molecule has 29 heavy (non-hydrogen) atoms. The van der Waals surface area contributed by atoms with Crippen LogP contribution in [-0.2, 0) is 16.1 Å². The van der Waals surface area contributed by atoms with Gasteiger partial charge in [-0.15, -0.1) is 21.5 Å². The van der Waals surface area contributed by atoms with Crippen LogP contribution in [0, 0.1) is 6.92 Å². The van der Waals surface area contributed by atoms with E-state index < -0.39 is 0 Å². The Morgan fingerprint density at radius 2 is 2.00 bits per heavy atom. The summed E-state index contributed by atoms with van der Waals surface area (Å²) in [5, 5.41) is 13.7. The second-order valence-corrected chi connectivity index (χ2v) is 9.26. The third-order valence-electron chi connectivity index (χ3n) is 4.01. The largest absolute Gasteiger partial charge is 0.377 e. The Morgan fingerprint density at radius 3 is 2.79 bits per heavy atom. The highest BCUT2D eigenvalue weighted by molar-refractivity contribution is 8.00. The van der Waals surface area contributed by atoms with E-state index in [9.17, 15) is 4.79 Å². The third kappa shape index (κ3) is 4.45. The lowest BCUT2D eigenvalue weighted by Gasteiger charge is -2.06. The lowest BCUT2D eigenvalue weighted by atomic mass is 10.0. The maximum atomic E-state index is 12.4. The van der Waals surface area contributed by atoms with Crippen molar-refractivity contribution >= 4 is 55.7 Å². The molecule has 0 aliphatic rings. The Morgan fingerprint density at radius 1 is 1.17 bits per heavy atom. The minimum atomic E-state index is -0.157. The topological polar surface area (TPSA) is 89.9 Å². The van der Waals surface area contributed by atoms with E-state index in [-0.39, 0.29) is 11.7 Å². The van der Waals surface area contributed by atoms with Crippen LogP contribution in [-0.4, -0.2) is 38.9 Å². The van der Waals surface area contributed by atoms with Crippen LogP contribution in [0.3, 0.4) is 0 Å².